The van der Waals surface area contributed by atoms with E-state index in [2.05, 4.69) is 48.4 Å². The summed E-state index contributed by atoms with van der Waals surface area (Å²) in [5.74, 6) is 14.6. The highest BCUT2D eigenvalue weighted by Gasteiger charge is 2.16. The molecule has 0 spiro atoms. The smallest absolute Gasteiger partial charge is 0.225 e. The average molecular weight is 503 g/mol. The van der Waals surface area contributed by atoms with Gasteiger partial charge in [0.1, 0.15) is 10.5 Å². The van der Waals surface area contributed by atoms with Crippen LogP contribution in [0.4, 0.5) is 0 Å². The van der Waals surface area contributed by atoms with Crippen molar-refractivity contribution in [2.24, 2.45) is 7.05 Å². The van der Waals surface area contributed by atoms with Gasteiger partial charge in [-0.2, -0.15) is 4.98 Å². The molecule has 0 aliphatic carbocycles. The highest BCUT2D eigenvalue weighted by atomic mass is 35.5. The van der Waals surface area contributed by atoms with Crippen molar-refractivity contribution >= 4 is 46.3 Å². The molecule has 4 heterocycles. The van der Waals surface area contributed by atoms with Gasteiger partial charge in [-0.3, -0.25) is 9.80 Å². The minimum Gasteiger partial charge on any atom is -0.318 e. The van der Waals surface area contributed by atoms with E-state index < -0.39 is 0 Å². The van der Waals surface area contributed by atoms with E-state index in [0.29, 0.717) is 17.2 Å². The van der Waals surface area contributed by atoms with Crippen LogP contribution in [0.5, 0.6) is 0 Å². The molecule has 4 rings (SSSR count). The number of hydrogen-bond donors (Lipinski definition) is 0. The zero-order valence-electron chi connectivity index (χ0n) is 19.3. The molecule has 2 aliphatic rings. The molecular weight excluding hydrogens is 472 g/mol. The predicted octanol–water partition coefficient (Wildman–Crippen LogP) is 4.18. The van der Waals surface area contributed by atoms with Gasteiger partial charge in [-0.25, -0.2) is 9.97 Å². The van der Waals surface area contributed by atoms with Crippen LogP contribution in [0.2, 0.25) is 5.28 Å². The number of aromatic nitrogens is 4. The average Bonchev–Trinajstić information content (AvgIpc) is 3.15. The van der Waals surface area contributed by atoms with Gasteiger partial charge >= 0.3 is 0 Å². The van der Waals surface area contributed by atoms with Crippen LogP contribution < -0.4 is 0 Å². The van der Waals surface area contributed by atoms with Crippen LogP contribution in [0, 0.1) is 23.7 Å². The van der Waals surface area contributed by atoms with Crippen LogP contribution in [-0.4, -0.2) is 80.1 Å². The second-order valence-electron chi connectivity index (χ2n) is 8.38. The Morgan fingerprint density at radius 3 is 1.94 bits per heavy atom. The first kappa shape index (κ1) is 24.7. The molecule has 6 nitrogen and oxygen atoms in total. The maximum absolute atomic E-state index is 6.19. The Bertz CT molecular complexity index is 1050. The lowest BCUT2D eigenvalue weighted by Crippen LogP contribution is -2.29. The summed E-state index contributed by atoms with van der Waals surface area (Å²) in [7, 11) is 2.00. The largest absolute Gasteiger partial charge is 0.318 e. The SMILES string of the molecule is Cn1c(SCC#CCN2CCCCC2)nc2nc(Cl)nc(SCC#CCN3CCCCC3)c21. The third-order valence-electron chi connectivity index (χ3n) is 5.94. The van der Waals surface area contributed by atoms with Crippen LogP contribution in [0.15, 0.2) is 10.2 Å². The van der Waals surface area contributed by atoms with Crippen molar-refractivity contribution in [1.82, 2.24) is 29.3 Å². The quantitative estimate of drug-likeness (QED) is 0.254. The molecule has 0 saturated carbocycles. The van der Waals surface area contributed by atoms with E-state index in [9.17, 15) is 0 Å². The molecule has 33 heavy (non-hydrogen) atoms. The summed E-state index contributed by atoms with van der Waals surface area (Å²) >= 11 is 9.41. The van der Waals surface area contributed by atoms with Crippen molar-refractivity contribution in [3.63, 3.8) is 0 Å². The molecule has 2 saturated heterocycles. The van der Waals surface area contributed by atoms with Crippen molar-refractivity contribution < 1.29 is 0 Å². The van der Waals surface area contributed by atoms with Gasteiger partial charge < -0.3 is 4.57 Å². The Balaban J connectivity index is 1.34. The summed E-state index contributed by atoms with van der Waals surface area (Å²) in [5, 5.41) is 1.93. The predicted molar refractivity (Wildman–Crippen MR) is 139 cm³/mol. The van der Waals surface area contributed by atoms with E-state index >= 15 is 0 Å². The van der Waals surface area contributed by atoms with Crippen LogP contribution in [0.1, 0.15) is 38.5 Å². The molecule has 176 valence electrons. The van der Waals surface area contributed by atoms with E-state index in [1.54, 1.807) is 23.5 Å². The highest BCUT2D eigenvalue weighted by molar-refractivity contribution is 7.99. The molecule has 9 heteroatoms. The van der Waals surface area contributed by atoms with Crippen molar-refractivity contribution in [2.75, 3.05) is 50.8 Å². The highest BCUT2D eigenvalue weighted by Crippen LogP contribution is 2.29. The fraction of sp³-hybridized carbons (Fsp3) is 0.625. The molecule has 0 unspecified atom stereocenters. The van der Waals surface area contributed by atoms with Crippen molar-refractivity contribution in [3.05, 3.63) is 5.28 Å². The normalized spacial score (nSPS) is 17.4. The van der Waals surface area contributed by atoms with E-state index in [4.69, 9.17) is 11.6 Å². The minimum absolute atomic E-state index is 0.224. The van der Waals surface area contributed by atoms with Gasteiger partial charge in [-0.05, 0) is 63.5 Å². The first-order chi connectivity index (χ1) is 16.2. The minimum atomic E-state index is 0.224. The van der Waals surface area contributed by atoms with E-state index in [1.165, 1.54) is 64.7 Å². The maximum atomic E-state index is 6.19. The monoisotopic (exact) mass is 502 g/mol. The number of hydrogen-bond acceptors (Lipinski definition) is 7. The van der Waals surface area contributed by atoms with Gasteiger partial charge in [0.05, 0.1) is 24.6 Å². The number of halogens is 1. The summed E-state index contributed by atoms with van der Waals surface area (Å²) in [6, 6.07) is 0. The van der Waals surface area contributed by atoms with E-state index in [-0.39, 0.29) is 5.28 Å². The number of likely N-dealkylation sites (tertiary alicyclic amines) is 2. The fourth-order valence-electron chi connectivity index (χ4n) is 4.14. The van der Waals surface area contributed by atoms with Gasteiger partial charge in [-0.1, -0.05) is 60.0 Å². The molecule has 2 fully saturated rings. The molecule has 0 bridgehead atoms. The fourth-order valence-corrected chi connectivity index (χ4v) is 5.92. The van der Waals surface area contributed by atoms with Gasteiger partial charge in [0.25, 0.3) is 0 Å². The van der Waals surface area contributed by atoms with E-state index in [0.717, 1.165) is 28.8 Å². The molecule has 2 aromatic heterocycles. The van der Waals surface area contributed by atoms with Crippen LogP contribution in [0.25, 0.3) is 11.2 Å². The second kappa shape index (κ2) is 12.9. The second-order valence-corrected chi connectivity index (χ2v) is 10.6. The molecular formula is C24H31ClN6S2. The summed E-state index contributed by atoms with van der Waals surface area (Å²) in [6.45, 7) is 6.41. The molecule has 2 aliphatic heterocycles. The third-order valence-corrected chi connectivity index (χ3v) is 7.87. The third kappa shape index (κ3) is 7.28. The summed E-state index contributed by atoms with van der Waals surface area (Å²) in [4.78, 5) is 18.4. The summed E-state index contributed by atoms with van der Waals surface area (Å²) < 4.78 is 2.05. The number of imidazole rings is 1. The van der Waals surface area contributed by atoms with E-state index in [1.807, 2.05) is 11.6 Å². The molecule has 2 aromatic rings. The Hall–Kier alpha value is -1.42. The maximum Gasteiger partial charge on any atom is 0.225 e. The number of piperidine rings is 2. The van der Waals surface area contributed by atoms with Crippen LogP contribution in [-0.2, 0) is 7.05 Å². The van der Waals surface area contributed by atoms with Crippen LogP contribution >= 0.6 is 35.1 Å². The number of rotatable bonds is 6. The zero-order valence-corrected chi connectivity index (χ0v) is 21.7. The Labute approximate surface area is 210 Å². The first-order valence-electron chi connectivity index (χ1n) is 11.7. The molecule has 0 amide bonds. The Morgan fingerprint density at radius 1 is 0.758 bits per heavy atom. The Kier molecular flexibility index (Phi) is 9.64. The van der Waals surface area contributed by atoms with Gasteiger partial charge in [-0.15, -0.1) is 0 Å². The molecule has 0 N–H and O–H groups in total. The summed E-state index contributed by atoms with van der Waals surface area (Å²) in [6.07, 6.45) is 7.87. The lowest BCUT2D eigenvalue weighted by atomic mass is 10.1. The number of thioether (sulfide) groups is 2. The van der Waals surface area contributed by atoms with Gasteiger partial charge in [0.15, 0.2) is 10.8 Å². The van der Waals surface area contributed by atoms with Crippen LogP contribution in [0.3, 0.4) is 0 Å². The zero-order chi connectivity index (χ0) is 22.9. The van der Waals surface area contributed by atoms with Gasteiger partial charge in [0.2, 0.25) is 5.28 Å². The molecule has 0 atom stereocenters. The van der Waals surface area contributed by atoms with Crippen molar-refractivity contribution in [1.29, 1.82) is 0 Å². The van der Waals surface area contributed by atoms with Crippen molar-refractivity contribution in [3.8, 4) is 23.7 Å². The van der Waals surface area contributed by atoms with Crippen molar-refractivity contribution in [2.45, 2.75) is 48.7 Å². The lowest BCUT2D eigenvalue weighted by molar-refractivity contribution is 0.255. The van der Waals surface area contributed by atoms with Gasteiger partial charge in [0, 0.05) is 7.05 Å². The number of fused-ring (bicyclic) bond motifs is 1. The lowest BCUT2D eigenvalue weighted by Gasteiger charge is -2.23. The molecule has 0 aromatic carbocycles. The summed E-state index contributed by atoms with van der Waals surface area (Å²) in [5.41, 5.74) is 1.54. The number of aryl methyl sites for hydroxylation is 1. The molecule has 0 radical (unpaired) electrons. The standard InChI is InChI=1S/C24H31ClN6S2/c1-29-20-21(27-24(29)33-19-11-9-17-31-14-6-3-7-15-31)26-23(25)28-22(20)32-18-10-8-16-30-12-4-2-5-13-30/h2-7,12-19H2,1H3. The topological polar surface area (TPSA) is 50.1 Å². The number of nitrogens with zero attached hydrogens (tertiary/aromatic N) is 6. The first-order valence-corrected chi connectivity index (χ1v) is 14.1. The Morgan fingerprint density at radius 2 is 1.33 bits per heavy atom.